The quantitative estimate of drug-likeness (QED) is 0.258. The number of benzene rings is 1. The van der Waals surface area contributed by atoms with E-state index in [-0.39, 0.29) is 43.2 Å². The molecule has 2 amide bonds. The third kappa shape index (κ3) is 4.81. The van der Waals surface area contributed by atoms with E-state index >= 15 is 0 Å². The first-order chi connectivity index (χ1) is 18.6. The number of rotatable bonds is 4. The molecule has 5 rings (SSSR count). The molecule has 0 bridgehead atoms. The normalized spacial score (nSPS) is 12.3. The van der Waals surface area contributed by atoms with Crippen molar-refractivity contribution < 1.29 is 40.3 Å². The number of primary amides is 1. The van der Waals surface area contributed by atoms with Crippen molar-refractivity contribution in [3.8, 4) is 11.1 Å². The van der Waals surface area contributed by atoms with Gasteiger partial charge in [-0.05, 0) is 42.3 Å². The predicted molar refractivity (Wildman–Crippen MR) is 129 cm³/mol. The van der Waals surface area contributed by atoms with Gasteiger partial charge in [0.2, 0.25) is 0 Å². The number of aryl methyl sites for hydroxylation is 1. The van der Waals surface area contributed by atoms with E-state index < -0.39 is 47.1 Å². The average Bonchev–Trinajstić information content (AvgIpc) is 3.44. The summed E-state index contributed by atoms with van der Waals surface area (Å²) in [6.07, 6.45) is -9.73. The molecular formula is C24H13F7N6O2S. The highest BCUT2D eigenvalue weighted by Crippen LogP contribution is 2.44. The molecule has 3 N–H and O–H groups in total. The molecule has 4 aromatic heterocycles. The Labute approximate surface area is 222 Å². The van der Waals surface area contributed by atoms with Gasteiger partial charge >= 0.3 is 12.4 Å². The molecule has 0 aliphatic carbocycles. The number of alkyl halides is 6. The van der Waals surface area contributed by atoms with Gasteiger partial charge in [-0.25, -0.2) is 18.9 Å². The maximum Gasteiger partial charge on any atom is 0.433 e. The number of amides is 2. The summed E-state index contributed by atoms with van der Waals surface area (Å²) in [5, 5.41) is 5.91. The van der Waals surface area contributed by atoms with Crippen LogP contribution in [0.5, 0.6) is 0 Å². The predicted octanol–water partition coefficient (Wildman–Crippen LogP) is 5.84. The monoisotopic (exact) mass is 582 g/mol. The summed E-state index contributed by atoms with van der Waals surface area (Å²) in [5.74, 6) is -2.90. The Hall–Kier alpha value is -4.60. The number of nitrogens with one attached hydrogen (secondary N) is 1. The zero-order valence-corrected chi connectivity index (χ0v) is 20.6. The number of thiophene rings is 1. The summed E-state index contributed by atoms with van der Waals surface area (Å²) in [5.41, 5.74) is 1.66. The van der Waals surface area contributed by atoms with Gasteiger partial charge in [0, 0.05) is 17.1 Å². The minimum atomic E-state index is -4.90. The van der Waals surface area contributed by atoms with E-state index in [1.54, 1.807) is 0 Å². The highest BCUT2D eigenvalue weighted by molar-refractivity contribution is 7.21. The second kappa shape index (κ2) is 9.25. The van der Waals surface area contributed by atoms with Gasteiger partial charge in [0.1, 0.15) is 26.9 Å². The first-order valence-electron chi connectivity index (χ1n) is 11.0. The zero-order chi connectivity index (χ0) is 29.1. The molecule has 8 nitrogen and oxygen atoms in total. The third-order valence-electron chi connectivity index (χ3n) is 5.65. The molecule has 206 valence electrons. The number of nitrogens with two attached hydrogens (primary N) is 1. The number of halogens is 7. The summed E-state index contributed by atoms with van der Waals surface area (Å²) in [6.45, 7) is 1.32. The van der Waals surface area contributed by atoms with Crippen LogP contribution < -0.4 is 11.1 Å². The van der Waals surface area contributed by atoms with Crippen molar-refractivity contribution in [2.75, 3.05) is 5.32 Å². The molecule has 40 heavy (non-hydrogen) atoms. The lowest BCUT2D eigenvalue weighted by atomic mass is 10.0. The molecule has 0 aliphatic rings. The first kappa shape index (κ1) is 27.0. The van der Waals surface area contributed by atoms with E-state index in [0.29, 0.717) is 21.9 Å². The summed E-state index contributed by atoms with van der Waals surface area (Å²) in [6, 6.07) is 6.74. The summed E-state index contributed by atoms with van der Waals surface area (Å²) in [4.78, 5) is 32.2. The van der Waals surface area contributed by atoms with Crippen molar-refractivity contribution in [1.82, 2.24) is 19.6 Å². The van der Waals surface area contributed by atoms with Crippen molar-refractivity contribution in [3.05, 3.63) is 75.9 Å². The lowest BCUT2D eigenvalue weighted by Gasteiger charge is -2.12. The van der Waals surface area contributed by atoms with Crippen LogP contribution in [0.25, 0.3) is 27.0 Å². The molecule has 0 fully saturated rings. The van der Waals surface area contributed by atoms with Crippen molar-refractivity contribution in [3.63, 3.8) is 0 Å². The largest absolute Gasteiger partial charge is 0.433 e. The number of pyridine rings is 1. The standard InChI is InChI=1S/C24H13F7N6O2S/c1-9-6-15(24(29,30)31)37-16(33-9)8-13(36-37)21(39)35-18-17-12(10-2-4-11(25)5-3-10)7-14(23(26,27)28)34-22(17)40-19(18)20(32)38/h2-8H,1H3,(H2,32,38)(H,35,39). The van der Waals surface area contributed by atoms with E-state index in [2.05, 4.69) is 20.4 Å². The first-order valence-corrected chi connectivity index (χ1v) is 11.8. The van der Waals surface area contributed by atoms with E-state index in [0.717, 1.165) is 24.3 Å². The Morgan fingerprint density at radius 1 is 0.975 bits per heavy atom. The van der Waals surface area contributed by atoms with Crippen LogP contribution in [-0.2, 0) is 12.4 Å². The Balaban J connectivity index is 1.70. The topological polar surface area (TPSA) is 115 Å². The van der Waals surface area contributed by atoms with Crippen molar-refractivity contribution in [2.24, 2.45) is 5.73 Å². The molecule has 4 heterocycles. The van der Waals surface area contributed by atoms with E-state index in [1.165, 1.54) is 19.1 Å². The smallest absolute Gasteiger partial charge is 0.365 e. The molecule has 16 heteroatoms. The molecule has 0 atom stereocenters. The molecule has 0 unspecified atom stereocenters. The average molecular weight is 582 g/mol. The van der Waals surface area contributed by atoms with Crippen LogP contribution >= 0.6 is 11.3 Å². The number of hydrogen-bond donors (Lipinski definition) is 2. The van der Waals surface area contributed by atoms with Gasteiger partial charge in [-0.3, -0.25) is 9.59 Å². The van der Waals surface area contributed by atoms with Crippen LogP contribution in [0.2, 0.25) is 0 Å². The van der Waals surface area contributed by atoms with Gasteiger partial charge in [0.05, 0.1) is 5.69 Å². The van der Waals surface area contributed by atoms with E-state index in [9.17, 15) is 40.3 Å². The zero-order valence-electron chi connectivity index (χ0n) is 19.8. The number of fused-ring (bicyclic) bond motifs is 2. The van der Waals surface area contributed by atoms with Gasteiger partial charge in [0.15, 0.2) is 11.3 Å². The fourth-order valence-electron chi connectivity index (χ4n) is 3.98. The van der Waals surface area contributed by atoms with Crippen LogP contribution in [0.4, 0.5) is 36.4 Å². The van der Waals surface area contributed by atoms with Crippen molar-refractivity contribution in [2.45, 2.75) is 19.3 Å². The van der Waals surface area contributed by atoms with Gasteiger partial charge < -0.3 is 11.1 Å². The van der Waals surface area contributed by atoms with Crippen LogP contribution in [0, 0.1) is 12.7 Å². The van der Waals surface area contributed by atoms with E-state index in [1.807, 2.05) is 0 Å². The summed E-state index contributed by atoms with van der Waals surface area (Å²) >= 11 is 0.463. The van der Waals surface area contributed by atoms with Crippen LogP contribution in [-0.4, -0.2) is 31.4 Å². The number of hydrogen-bond acceptors (Lipinski definition) is 6. The molecule has 0 aliphatic heterocycles. The number of carbonyl (C=O) groups is 2. The van der Waals surface area contributed by atoms with Crippen LogP contribution in [0.1, 0.15) is 37.2 Å². The molecule has 0 radical (unpaired) electrons. The summed E-state index contributed by atoms with van der Waals surface area (Å²) in [7, 11) is 0. The second-order valence-corrected chi connectivity index (χ2v) is 9.44. The minimum Gasteiger partial charge on any atom is -0.365 e. The van der Waals surface area contributed by atoms with E-state index in [4.69, 9.17) is 5.73 Å². The summed E-state index contributed by atoms with van der Waals surface area (Å²) < 4.78 is 95.5. The highest BCUT2D eigenvalue weighted by atomic mass is 32.1. The molecule has 0 saturated heterocycles. The highest BCUT2D eigenvalue weighted by Gasteiger charge is 2.36. The third-order valence-corrected chi connectivity index (χ3v) is 6.75. The van der Waals surface area contributed by atoms with Crippen LogP contribution in [0.3, 0.4) is 0 Å². The van der Waals surface area contributed by atoms with Gasteiger partial charge in [0.25, 0.3) is 11.8 Å². The number of nitrogens with zero attached hydrogens (tertiary/aromatic N) is 4. The van der Waals surface area contributed by atoms with Crippen molar-refractivity contribution in [1.29, 1.82) is 0 Å². The Bertz CT molecular complexity index is 1820. The lowest BCUT2D eigenvalue weighted by Crippen LogP contribution is -2.18. The Morgan fingerprint density at radius 2 is 1.65 bits per heavy atom. The van der Waals surface area contributed by atoms with Crippen LogP contribution in [0.15, 0.2) is 42.5 Å². The maximum absolute atomic E-state index is 13.6. The van der Waals surface area contributed by atoms with Crippen molar-refractivity contribution >= 4 is 44.7 Å². The number of carbonyl (C=O) groups excluding carboxylic acids is 2. The molecule has 0 spiro atoms. The number of anilines is 1. The maximum atomic E-state index is 13.6. The number of aromatic nitrogens is 4. The lowest BCUT2D eigenvalue weighted by molar-refractivity contribution is -0.143. The fourth-order valence-corrected chi connectivity index (χ4v) is 4.99. The fraction of sp³-hybridized carbons (Fsp3) is 0.125. The van der Waals surface area contributed by atoms with Gasteiger partial charge in [-0.2, -0.15) is 31.4 Å². The van der Waals surface area contributed by atoms with Gasteiger partial charge in [-0.1, -0.05) is 12.1 Å². The molecule has 0 saturated carbocycles. The Morgan fingerprint density at radius 3 is 2.25 bits per heavy atom. The minimum absolute atomic E-state index is 0.00186. The molecular weight excluding hydrogens is 569 g/mol. The molecule has 1 aromatic carbocycles. The second-order valence-electron chi connectivity index (χ2n) is 8.44. The van der Waals surface area contributed by atoms with Gasteiger partial charge in [-0.15, -0.1) is 11.3 Å². The SMILES string of the molecule is Cc1cc(C(F)(F)F)n2nc(C(=O)Nc3c(C(N)=O)sc4nc(C(F)(F)F)cc(-c5ccc(F)cc5)c34)cc2n1. The Kier molecular flexibility index (Phi) is 6.24. The molecule has 5 aromatic rings.